The highest BCUT2D eigenvalue weighted by atomic mass is 16.4. The molecule has 9 unspecified atom stereocenters. The Labute approximate surface area is 236 Å². The van der Waals surface area contributed by atoms with Crippen molar-refractivity contribution in [2.24, 2.45) is 56.7 Å². The molecule has 5 rings (SSSR count). The number of rotatable bonds is 1. The van der Waals surface area contributed by atoms with Gasteiger partial charge < -0.3 is 10.2 Å². The van der Waals surface area contributed by atoms with Crippen LogP contribution in [0.3, 0.4) is 0 Å². The van der Waals surface area contributed by atoms with Crippen molar-refractivity contribution < 1.29 is 15.0 Å². The lowest BCUT2D eigenvalue weighted by atomic mass is 9.32. The maximum atomic E-state index is 12.6. The van der Waals surface area contributed by atoms with Crippen LogP contribution in [0.1, 0.15) is 140 Å². The maximum absolute atomic E-state index is 12.6. The van der Waals surface area contributed by atoms with E-state index in [9.17, 15) is 15.0 Å². The van der Waals surface area contributed by atoms with Gasteiger partial charge >= 0.3 is 5.97 Å². The zero-order chi connectivity index (χ0) is 29.3. The van der Waals surface area contributed by atoms with Crippen molar-refractivity contribution in [2.45, 2.75) is 146 Å². The largest absolute Gasteiger partial charge is 0.481 e. The second kappa shape index (κ2) is 12.0. The molecular formula is C35H64O3. The second-order valence-electron chi connectivity index (χ2n) is 14.5. The number of hydrogen-bond acceptors (Lipinski definition) is 2. The predicted molar refractivity (Wildman–Crippen MR) is 162 cm³/mol. The summed E-state index contributed by atoms with van der Waals surface area (Å²) in [7, 11) is 0. The number of aliphatic hydroxyl groups excluding tert-OH is 1. The first-order valence-corrected chi connectivity index (χ1v) is 16.2. The van der Waals surface area contributed by atoms with Crippen molar-refractivity contribution in [3.8, 4) is 0 Å². The van der Waals surface area contributed by atoms with Crippen molar-refractivity contribution in [3.05, 3.63) is 12.7 Å². The van der Waals surface area contributed by atoms with E-state index < -0.39 is 11.4 Å². The molecule has 0 aliphatic heterocycles. The van der Waals surface area contributed by atoms with Crippen LogP contribution in [0.5, 0.6) is 0 Å². The van der Waals surface area contributed by atoms with E-state index in [4.69, 9.17) is 0 Å². The fourth-order valence-corrected chi connectivity index (χ4v) is 11.3. The summed E-state index contributed by atoms with van der Waals surface area (Å²) in [5, 5.41) is 21.2. The van der Waals surface area contributed by atoms with Gasteiger partial charge in [0.2, 0.25) is 0 Å². The van der Waals surface area contributed by atoms with Crippen LogP contribution in [-0.2, 0) is 4.79 Å². The summed E-state index contributed by atoms with van der Waals surface area (Å²) in [4.78, 5) is 12.6. The molecular weight excluding hydrogens is 468 g/mol. The molecule has 222 valence electrons. The summed E-state index contributed by atoms with van der Waals surface area (Å²) in [6, 6.07) is 0. The van der Waals surface area contributed by atoms with E-state index in [1.807, 2.05) is 34.6 Å². The van der Waals surface area contributed by atoms with Crippen LogP contribution in [0.4, 0.5) is 0 Å². The van der Waals surface area contributed by atoms with E-state index in [-0.39, 0.29) is 22.3 Å². The minimum absolute atomic E-state index is 0.00290. The third-order valence-electron chi connectivity index (χ3n) is 13.2. The molecule has 3 nitrogen and oxygen atoms in total. The standard InChI is InChI=1S/C28H46O3.C3H6.2C2H6/c1-17-9-14-28(23(30)31)16-15-26(5)18(22(17)28)7-8-20-25(4)12-11-21(29)24(2,3)19(25)10-13-27(20,26)6;1-3-2;2*1-2/h17-22,29H,7-16H2,1-6H3,(H,30,31);3H,1H2,2H3;2*1-2H3/t17?,18?,19?,20?,21?,22?,25?,26-,27?,28?;;;/m1.../s1. The van der Waals surface area contributed by atoms with Crippen LogP contribution in [0.2, 0.25) is 0 Å². The molecule has 5 aliphatic carbocycles. The Morgan fingerprint density at radius 1 is 0.789 bits per heavy atom. The predicted octanol–water partition coefficient (Wildman–Crippen LogP) is 9.78. The highest BCUT2D eigenvalue weighted by molar-refractivity contribution is 5.76. The highest BCUT2D eigenvalue weighted by Gasteiger charge is 2.71. The molecule has 0 aromatic rings. The van der Waals surface area contributed by atoms with Gasteiger partial charge in [0.05, 0.1) is 11.5 Å². The number of carboxylic acids is 1. The second-order valence-corrected chi connectivity index (χ2v) is 14.5. The first-order chi connectivity index (χ1) is 17.8. The summed E-state index contributed by atoms with van der Waals surface area (Å²) in [5.74, 6) is 2.23. The Kier molecular flexibility index (Phi) is 10.5. The Morgan fingerprint density at radius 3 is 1.92 bits per heavy atom. The molecule has 5 fully saturated rings. The van der Waals surface area contributed by atoms with Gasteiger partial charge in [0.25, 0.3) is 0 Å². The van der Waals surface area contributed by atoms with Gasteiger partial charge in [0.15, 0.2) is 0 Å². The van der Waals surface area contributed by atoms with Gasteiger partial charge in [-0.1, -0.05) is 75.3 Å². The van der Waals surface area contributed by atoms with Gasteiger partial charge in [0, 0.05) is 0 Å². The fourth-order valence-electron chi connectivity index (χ4n) is 11.3. The highest BCUT2D eigenvalue weighted by Crippen LogP contribution is 2.77. The van der Waals surface area contributed by atoms with Gasteiger partial charge in [-0.15, -0.1) is 6.58 Å². The summed E-state index contributed by atoms with van der Waals surface area (Å²) in [5.41, 5.74) is 0.368. The molecule has 2 N–H and O–H groups in total. The summed E-state index contributed by atoms with van der Waals surface area (Å²) in [6.45, 7) is 28.0. The van der Waals surface area contributed by atoms with Crippen LogP contribution in [-0.4, -0.2) is 22.3 Å². The number of carbonyl (C=O) groups is 1. The van der Waals surface area contributed by atoms with Gasteiger partial charge in [-0.3, -0.25) is 4.79 Å². The Morgan fingerprint density at radius 2 is 1.37 bits per heavy atom. The monoisotopic (exact) mass is 532 g/mol. The number of carboxylic acid groups (broad SMARTS) is 1. The Hall–Kier alpha value is -0.830. The molecule has 3 heteroatoms. The van der Waals surface area contributed by atoms with E-state index in [0.29, 0.717) is 35.0 Å². The zero-order valence-electron chi connectivity index (χ0n) is 27.1. The molecule has 0 heterocycles. The molecule has 0 amide bonds. The van der Waals surface area contributed by atoms with Crippen LogP contribution < -0.4 is 0 Å². The van der Waals surface area contributed by atoms with Crippen LogP contribution in [0.15, 0.2) is 12.7 Å². The molecule has 0 saturated heterocycles. The molecule has 5 aliphatic rings. The topological polar surface area (TPSA) is 57.5 Å². The van der Waals surface area contributed by atoms with E-state index in [0.717, 1.165) is 38.5 Å². The summed E-state index contributed by atoms with van der Waals surface area (Å²) in [6.07, 6.45) is 12.6. The zero-order valence-corrected chi connectivity index (χ0v) is 27.1. The van der Waals surface area contributed by atoms with Crippen molar-refractivity contribution >= 4 is 5.97 Å². The van der Waals surface area contributed by atoms with E-state index in [1.54, 1.807) is 6.08 Å². The van der Waals surface area contributed by atoms with Gasteiger partial charge in [-0.05, 0) is 122 Å². The normalized spacial score (nSPS) is 47.9. The molecule has 0 spiro atoms. The van der Waals surface area contributed by atoms with Crippen molar-refractivity contribution in [3.63, 3.8) is 0 Å². The molecule has 0 aromatic heterocycles. The third kappa shape index (κ3) is 4.63. The smallest absolute Gasteiger partial charge is 0.309 e. The Bertz CT molecular complexity index is 818. The number of fused-ring (bicyclic) bond motifs is 7. The molecule has 0 bridgehead atoms. The molecule has 5 saturated carbocycles. The first kappa shape index (κ1) is 33.4. The number of aliphatic carboxylic acids is 1. The van der Waals surface area contributed by atoms with E-state index in [1.165, 1.54) is 25.7 Å². The number of aliphatic hydroxyl groups is 1. The fraction of sp³-hybridized carbons (Fsp3) is 0.914. The minimum Gasteiger partial charge on any atom is -0.481 e. The van der Waals surface area contributed by atoms with Crippen LogP contribution >= 0.6 is 0 Å². The SMILES string of the molecule is C=CC.CC.CC.CC1CCC2(C(=O)O)CC[C@]3(C)C(CCC4C5(C)CCC(O)C(C)(C)C5CCC43C)C12. The average molecular weight is 533 g/mol. The summed E-state index contributed by atoms with van der Waals surface area (Å²) < 4.78 is 0. The lowest BCUT2D eigenvalue weighted by Crippen LogP contribution is -2.67. The quantitative estimate of drug-likeness (QED) is 0.330. The average Bonchev–Trinajstić information content (AvgIpc) is 3.23. The Balaban J connectivity index is 0.000000665. The lowest BCUT2D eigenvalue weighted by Gasteiger charge is -2.72. The lowest BCUT2D eigenvalue weighted by molar-refractivity contribution is -0.248. The molecule has 0 aromatic carbocycles. The number of hydrogen-bond donors (Lipinski definition) is 2. The molecule has 38 heavy (non-hydrogen) atoms. The maximum Gasteiger partial charge on any atom is 0.309 e. The van der Waals surface area contributed by atoms with Gasteiger partial charge in [0.1, 0.15) is 0 Å². The minimum atomic E-state index is -0.505. The molecule has 10 atom stereocenters. The summed E-state index contributed by atoms with van der Waals surface area (Å²) >= 11 is 0. The molecule has 0 radical (unpaired) electrons. The van der Waals surface area contributed by atoms with Crippen LogP contribution in [0, 0.1) is 56.7 Å². The van der Waals surface area contributed by atoms with Crippen molar-refractivity contribution in [1.82, 2.24) is 0 Å². The van der Waals surface area contributed by atoms with E-state index in [2.05, 4.69) is 48.1 Å². The van der Waals surface area contributed by atoms with Crippen molar-refractivity contribution in [2.75, 3.05) is 0 Å². The van der Waals surface area contributed by atoms with Crippen LogP contribution in [0.25, 0.3) is 0 Å². The third-order valence-corrected chi connectivity index (χ3v) is 13.2. The van der Waals surface area contributed by atoms with Gasteiger partial charge in [-0.25, -0.2) is 0 Å². The number of allylic oxidation sites excluding steroid dienone is 1. The first-order valence-electron chi connectivity index (χ1n) is 16.2. The van der Waals surface area contributed by atoms with Gasteiger partial charge in [-0.2, -0.15) is 0 Å². The van der Waals surface area contributed by atoms with E-state index >= 15 is 0 Å². The van der Waals surface area contributed by atoms with Crippen molar-refractivity contribution in [1.29, 1.82) is 0 Å².